The Bertz CT molecular complexity index is 265. The molecule has 0 unspecified atom stereocenters. The molecule has 0 aromatic carbocycles. The summed E-state index contributed by atoms with van der Waals surface area (Å²) in [7, 11) is -4.25. The zero-order valence-electron chi connectivity index (χ0n) is 4.84. The zero-order valence-corrected chi connectivity index (χ0v) is 5.65. The van der Waals surface area contributed by atoms with E-state index >= 15 is 0 Å². The molecule has 1 N–H and O–H groups in total. The van der Waals surface area contributed by atoms with Gasteiger partial charge in [0.15, 0.2) is 0 Å². The van der Waals surface area contributed by atoms with E-state index < -0.39 is 10.3 Å². The van der Waals surface area contributed by atoms with Crippen molar-refractivity contribution >= 4 is 10.3 Å². The summed E-state index contributed by atoms with van der Waals surface area (Å²) >= 11 is 0. The van der Waals surface area contributed by atoms with Crippen LogP contribution in [0.1, 0.15) is 0 Å². The molecular weight excluding hydrogens is 158 g/mol. The van der Waals surface area contributed by atoms with Crippen LogP contribution < -0.4 is 0 Å². The summed E-state index contributed by atoms with van der Waals surface area (Å²) in [6.07, 6.45) is 5.11. The highest BCUT2D eigenvalue weighted by Gasteiger charge is 2.15. The molecular formula is C4H5NO4S. The van der Waals surface area contributed by atoms with Crippen LogP contribution in [0.2, 0.25) is 0 Å². The van der Waals surface area contributed by atoms with Crippen molar-refractivity contribution in [3.05, 3.63) is 24.6 Å². The van der Waals surface area contributed by atoms with E-state index in [-0.39, 0.29) is 0 Å². The summed E-state index contributed by atoms with van der Waals surface area (Å²) < 4.78 is 29.2. The Morgan fingerprint density at radius 3 is 2.40 bits per heavy atom. The summed E-state index contributed by atoms with van der Waals surface area (Å²) in [5, 5.41) is 0. The van der Waals surface area contributed by atoms with E-state index in [1.807, 2.05) is 0 Å². The normalized spacial score (nSPS) is 17.1. The fraction of sp³-hybridized carbons (Fsp3) is 0. The first kappa shape index (κ1) is 7.10. The molecule has 0 aromatic rings. The summed E-state index contributed by atoms with van der Waals surface area (Å²) in [4.78, 5) is 4.37. The maximum Gasteiger partial charge on any atom is 0.390 e. The van der Waals surface area contributed by atoms with E-state index in [2.05, 4.69) is 4.84 Å². The Morgan fingerprint density at radius 1 is 1.40 bits per heavy atom. The van der Waals surface area contributed by atoms with E-state index in [1.165, 1.54) is 12.2 Å². The first-order valence-corrected chi connectivity index (χ1v) is 3.77. The number of allylic oxidation sites excluding steroid dienone is 2. The minimum atomic E-state index is -4.25. The summed E-state index contributed by atoms with van der Waals surface area (Å²) in [6.45, 7) is 0. The zero-order chi connectivity index (χ0) is 7.61. The second-order valence-electron chi connectivity index (χ2n) is 1.51. The SMILES string of the molecule is O=S(=O)(O)N1C=CC=CO1. The molecule has 6 heteroatoms. The van der Waals surface area contributed by atoms with Crippen molar-refractivity contribution in [1.82, 2.24) is 4.47 Å². The van der Waals surface area contributed by atoms with Crippen LogP contribution in [0.15, 0.2) is 24.6 Å². The molecule has 1 aliphatic rings. The highest BCUT2D eigenvalue weighted by atomic mass is 32.2. The summed E-state index contributed by atoms with van der Waals surface area (Å²) in [5.41, 5.74) is 0. The second kappa shape index (κ2) is 2.31. The number of hydroxylamine groups is 1. The minimum Gasteiger partial charge on any atom is -0.371 e. The fourth-order valence-electron chi connectivity index (χ4n) is 0.427. The Morgan fingerprint density at radius 2 is 2.10 bits per heavy atom. The molecule has 0 fully saturated rings. The van der Waals surface area contributed by atoms with Gasteiger partial charge in [-0.25, -0.2) is 0 Å². The molecule has 1 aliphatic heterocycles. The lowest BCUT2D eigenvalue weighted by atomic mass is 10.6. The van der Waals surface area contributed by atoms with Gasteiger partial charge in [0.05, 0.1) is 6.20 Å². The molecule has 0 bridgehead atoms. The summed E-state index contributed by atoms with van der Waals surface area (Å²) in [5.74, 6) is 0. The first-order chi connectivity index (χ1) is 4.61. The van der Waals surface area contributed by atoms with Gasteiger partial charge in [0.1, 0.15) is 6.26 Å². The smallest absolute Gasteiger partial charge is 0.371 e. The van der Waals surface area contributed by atoms with Gasteiger partial charge in [-0.05, 0) is 12.2 Å². The quantitative estimate of drug-likeness (QED) is 0.555. The average Bonchev–Trinajstić information content (AvgIpc) is 1.88. The number of nitrogens with zero attached hydrogens (tertiary/aromatic N) is 1. The van der Waals surface area contributed by atoms with Crippen LogP contribution in [0, 0.1) is 0 Å². The highest BCUT2D eigenvalue weighted by Crippen LogP contribution is 2.04. The van der Waals surface area contributed by atoms with Crippen LogP contribution in [-0.4, -0.2) is 17.4 Å². The van der Waals surface area contributed by atoms with E-state index in [9.17, 15) is 8.42 Å². The number of hydrogen-bond donors (Lipinski definition) is 1. The molecule has 1 heterocycles. The molecule has 0 aromatic heterocycles. The minimum absolute atomic E-state index is 0.340. The average molecular weight is 163 g/mol. The van der Waals surface area contributed by atoms with Gasteiger partial charge >= 0.3 is 10.3 Å². The maximum atomic E-state index is 10.3. The van der Waals surface area contributed by atoms with Crippen molar-refractivity contribution in [1.29, 1.82) is 0 Å². The van der Waals surface area contributed by atoms with Gasteiger partial charge in [-0.15, -0.1) is 0 Å². The van der Waals surface area contributed by atoms with Gasteiger partial charge in [-0.2, -0.15) is 8.42 Å². The van der Waals surface area contributed by atoms with Crippen LogP contribution in [-0.2, 0) is 15.1 Å². The van der Waals surface area contributed by atoms with Crippen molar-refractivity contribution in [2.75, 3.05) is 0 Å². The topological polar surface area (TPSA) is 66.8 Å². The highest BCUT2D eigenvalue weighted by molar-refractivity contribution is 7.83. The third-order valence-corrected chi connectivity index (χ3v) is 1.45. The molecule has 10 heavy (non-hydrogen) atoms. The van der Waals surface area contributed by atoms with Crippen LogP contribution in [0.25, 0.3) is 0 Å². The molecule has 0 radical (unpaired) electrons. The van der Waals surface area contributed by atoms with Gasteiger partial charge in [-0.3, -0.25) is 4.55 Å². The molecule has 5 nitrogen and oxygen atoms in total. The van der Waals surface area contributed by atoms with Crippen molar-refractivity contribution in [3.8, 4) is 0 Å². The Hall–Kier alpha value is -1.01. The lowest BCUT2D eigenvalue weighted by molar-refractivity contribution is 0.0184. The van der Waals surface area contributed by atoms with Gasteiger partial charge in [0, 0.05) is 0 Å². The largest absolute Gasteiger partial charge is 0.390 e. The molecule has 0 spiro atoms. The molecule has 0 amide bonds. The van der Waals surface area contributed by atoms with Crippen LogP contribution in [0.4, 0.5) is 0 Å². The van der Waals surface area contributed by atoms with Gasteiger partial charge in [0.2, 0.25) is 0 Å². The van der Waals surface area contributed by atoms with E-state index in [0.29, 0.717) is 4.47 Å². The number of rotatable bonds is 1. The van der Waals surface area contributed by atoms with E-state index in [4.69, 9.17) is 4.55 Å². The summed E-state index contributed by atoms with van der Waals surface area (Å²) in [6, 6.07) is 0. The van der Waals surface area contributed by atoms with E-state index in [1.54, 1.807) is 0 Å². The maximum absolute atomic E-state index is 10.3. The first-order valence-electron chi connectivity index (χ1n) is 2.37. The number of hydrogen-bond acceptors (Lipinski definition) is 3. The Kier molecular flexibility index (Phi) is 1.64. The Labute approximate surface area is 58.0 Å². The van der Waals surface area contributed by atoms with E-state index in [0.717, 1.165) is 12.5 Å². The van der Waals surface area contributed by atoms with Crippen LogP contribution in [0.5, 0.6) is 0 Å². The lowest BCUT2D eigenvalue weighted by Gasteiger charge is -2.14. The van der Waals surface area contributed by atoms with Gasteiger partial charge in [-0.1, -0.05) is 4.47 Å². The molecule has 0 aliphatic carbocycles. The third-order valence-electron chi connectivity index (χ3n) is 0.790. The van der Waals surface area contributed by atoms with Crippen molar-refractivity contribution in [2.45, 2.75) is 0 Å². The van der Waals surface area contributed by atoms with Crippen molar-refractivity contribution < 1.29 is 17.8 Å². The molecule has 0 atom stereocenters. The predicted molar refractivity (Wildman–Crippen MR) is 32.8 cm³/mol. The van der Waals surface area contributed by atoms with Gasteiger partial charge in [0.25, 0.3) is 0 Å². The van der Waals surface area contributed by atoms with Crippen molar-refractivity contribution in [2.24, 2.45) is 0 Å². The Balaban J connectivity index is 2.79. The van der Waals surface area contributed by atoms with Crippen molar-refractivity contribution in [3.63, 3.8) is 0 Å². The lowest BCUT2D eigenvalue weighted by Crippen LogP contribution is -2.24. The fourth-order valence-corrected chi connectivity index (χ4v) is 0.809. The standard InChI is InChI=1S/C4H5NO4S/c6-10(7,8)5-3-1-2-4-9-5/h1-4H,(H,6,7,8). The monoisotopic (exact) mass is 163 g/mol. The third kappa shape index (κ3) is 1.49. The van der Waals surface area contributed by atoms with Crippen LogP contribution in [0.3, 0.4) is 0 Å². The van der Waals surface area contributed by atoms with Crippen LogP contribution >= 0.6 is 0 Å². The molecule has 1 rings (SSSR count). The predicted octanol–water partition coefficient (Wildman–Crippen LogP) is 0.0638. The molecule has 56 valence electrons. The van der Waals surface area contributed by atoms with Gasteiger partial charge < -0.3 is 4.84 Å². The molecule has 0 saturated carbocycles. The molecule has 0 saturated heterocycles. The second-order valence-corrected chi connectivity index (χ2v) is 2.76.